The van der Waals surface area contributed by atoms with Crippen LogP contribution in [0.3, 0.4) is 0 Å². The van der Waals surface area contributed by atoms with E-state index in [0.29, 0.717) is 25.6 Å². The van der Waals surface area contributed by atoms with Crippen LogP contribution in [0.4, 0.5) is 4.79 Å². The molecule has 0 spiro atoms. The Hall–Kier alpha value is -2.83. The van der Waals surface area contributed by atoms with E-state index in [1.807, 2.05) is 24.3 Å². The highest BCUT2D eigenvalue weighted by Crippen LogP contribution is 2.40. The largest absolute Gasteiger partial charge is 0.466 e. The van der Waals surface area contributed by atoms with E-state index < -0.39 is 17.5 Å². The first-order chi connectivity index (χ1) is 14.9. The van der Waals surface area contributed by atoms with Crippen molar-refractivity contribution in [3.8, 4) is 0 Å². The number of hydrogen-bond acceptors (Lipinski definition) is 4. The van der Waals surface area contributed by atoms with Gasteiger partial charge in [-0.25, -0.2) is 9.59 Å². The minimum Gasteiger partial charge on any atom is -0.466 e. The highest BCUT2D eigenvalue weighted by molar-refractivity contribution is 5.89. The van der Waals surface area contributed by atoms with Gasteiger partial charge >= 0.3 is 12.1 Å². The van der Waals surface area contributed by atoms with E-state index in [9.17, 15) is 14.4 Å². The van der Waals surface area contributed by atoms with Gasteiger partial charge < -0.3 is 20.1 Å². The Morgan fingerprint density at radius 1 is 1.19 bits per heavy atom. The number of carboxylic acid groups (broad SMARTS) is 1. The van der Waals surface area contributed by atoms with Gasteiger partial charge in [0.2, 0.25) is 5.91 Å². The van der Waals surface area contributed by atoms with Crippen LogP contribution in [0.5, 0.6) is 0 Å². The second-order valence-corrected chi connectivity index (χ2v) is 8.55. The van der Waals surface area contributed by atoms with Crippen LogP contribution >= 0.6 is 0 Å². The van der Waals surface area contributed by atoms with Crippen molar-refractivity contribution >= 4 is 24.0 Å². The molecule has 2 aliphatic rings. The number of rotatable bonds is 6. The SMILES string of the molecule is COC(=O)C=Cc1cccc(C2(C(=O)NCC3CCN(C(=O)O)CC3)CCCCC2)c1. The first kappa shape index (κ1) is 22.8. The van der Waals surface area contributed by atoms with Gasteiger partial charge in [0.15, 0.2) is 0 Å². The maximum absolute atomic E-state index is 13.5. The quantitative estimate of drug-likeness (QED) is 0.533. The summed E-state index contributed by atoms with van der Waals surface area (Å²) < 4.78 is 4.66. The summed E-state index contributed by atoms with van der Waals surface area (Å²) >= 11 is 0. The van der Waals surface area contributed by atoms with Crippen LogP contribution in [0.15, 0.2) is 30.3 Å². The Kier molecular flexibility index (Phi) is 7.71. The van der Waals surface area contributed by atoms with Crippen molar-refractivity contribution in [3.05, 3.63) is 41.5 Å². The highest BCUT2D eigenvalue weighted by atomic mass is 16.5. The van der Waals surface area contributed by atoms with Gasteiger partial charge in [-0.05, 0) is 48.8 Å². The predicted molar refractivity (Wildman–Crippen MR) is 118 cm³/mol. The summed E-state index contributed by atoms with van der Waals surface area (Å²) in [4.78, 5) is 37.4. The number of nitrogens with zero attached hydrogens (tertiary/aromatic N) is 1. The third-order valence-electron chi connectivity index (χ3n) is 6.63. The number of ether oxygens (including phenoxy) is 1. The molecule has 1 aromatic rings. The van der Waals surface area contributed by atoms with Gasteiger partial charge in [0, 0.05) is 25.7 Å². The Morgan fingerprint density at radius 2 is 1.90 bits per heavy atom. The van der Waals surface area contributed by atoms with Crippen molar-refractivity contribution in [1.82, 2.24) is 10.2 Å². The lowest BCUT2D eigenvalue weighted by Gasteiger charge is -2.37. The van der Waals surface area contributed by atoms with Crippen molar-refractivity contribution in [1.29, 1.82) is 0 Å². The fraction of sp³-hybridized carbons (Fsp3) is 0.542. The number of hydrogen-bond donors (Lipinski definition) is 2. The lowest BCUT2D eigenvalue weighted by Crippen LogP contribution is -2.48. The summed E-state index contributed by atoms with van der Waals surface area (Å²) in [5.74, 6) is -0.0547. The summed E-state index contributed by atoms with van der Waals surface area (Å²) in [7, 11) is 1.34. The second kappa shape index (κ2) is 10.5. The fourth-order valence-corrected chi connectivity index (χ4v) is 4.71. The zero-order valence-electron chi connectivity index (χ0n) is 18.1. The smallest absolute Gasteiger partial charge is 0.407 e. The number of carbonyl (C=O) groups excluding carboxylic acids is 2. The average molecular weight is 429 g/mol. The van der Waals surface area contributed by atoms with Gasteiger partial charge in [-0.15, -0.1) is 0 Å². The zero-order chi connectivity index (χ0) is 22.3. The minimum atomic E-state index is -0.871. The van der Waals surface area contributed by atoms with E-state index in [0.717, 1.165) is 56.1 Å². The van der Waals surface area contributed by atoms with Crippen LogP contribution in [0, 0.1) is 5.92 Å². The summed E-state index contributed by atoms with van der Waals surface area (Å²) in [6.07, 6.45) is 8.52. The Morgan fingerprint density at radius 3 is 2.55 bits per heavy atom. The molecule has 1 aromatic carbocycles. The third kappa shape index (κ3) is 5.66. The molecule has 1 heterocycles. The Bertz CT molecular complexity index is 821. The predicted octanol–water partition coefficient (Wildman–Crippen LogP) is 3.58. The van der Waals surface area contributed by atoms with Gasteiger partial charge in [0.05, 0.1) is 12.5 Å². The molecule has 2 amide bonds. The van der Waals surface area contributed by atoms with Crippen LogP contribution < -0.4 is 5.32 Å². The number of carbonyl (C=O) groups is 3. The van der Waals surface area contributed by atoms with Crippen molar-refractivity contribution in [3.63, 3.8) is 0 Å². The summed E-state index contributed by atoms with van der Waals surface area (Å²) in [5.41, 5.74) is 1.29. The summed E-state index contributed by atoms with van der Waals surface area (Å²) in [5, 5.41) is 12.3. The number of amides is 2. The molecular formula is C24H32N2O5. The molecule has 1 aliphatic heterocycles. The van der Waals surface area contributed by atoms with E-state index in [-0.39, 0.29) is 5.91 Å². The number of esters is 1. The van der Waals surface area contributed by atoms with Gasteiger partial charge in [0.25, 0.3) is 0 Å². The molecule has 0 radical (unpaired) electrons. The topological polar surface area (TPSA) is 95.9 Å². The van der Waals surface area contributed by atoms with Crippen molar-refractivity contribution in [2.24, 2.45) is 5.92 Å². The standard InChI is InChI=1S/C24H32N2O5/c1-31-21(27)9-8-18-6-5-7-20(16-18)24(12-3-2-4-13-24)22(28)25-17-19-10-14-26(15-11-19)23(29)30/h5-9,16,19H,2-4,10-15,17H2,1H3,(H,25,28)(H,29,30). The third-order valence-corrected chi connectivity index (χ3v) is 6.63. The molecule has 1 saturated heterocycles. The van der Waals surface area contributed by atoms with Gasteiger partial charge in [0.1, 0.15) is 0 Å². The molecule has 1 saturated carbocycles. The molecule has 2 N–H and O–H groups in total. The monoisotopic (exact) mass is 428 g/mol. The molecule has 0 unspecified atom stereocenters. The lowest BCUT2D eigenvalue weighted by atomic mass is 9.68. The minimum absolute atomic E-state index is 0.0574. The normalized spacial score (nSPS) is 19.2. The molecule has 31 heavy (non-hydrogen) atoms. The molecule has 2 fully saturated rings. The van der Waals surface area contributed by atoms with Crippen molar-refractivity contribution in [2.45, 2.75) is 50.4 Å². The average Bonchev–Trinajstić information content (AvgIpc) is 2.81. The highest BCUT2D eigenvalue weighted by Gasteiger charge is 2.41. The second-order valence-electron chi connectivity index (χ2n) is 8.55. The molecule has 3 rings (SSSR count). The van der Waals surface area contributed by atoms with E-state index >= 15 is 0 Å². The summed E-state index contributed by atoms with van der Waals surface area (Å²) in [6.45, 7) is 1.63. The first-order valence-electron chi connectivity index (χ1n) is 11.1. The molecule has 7 nitrogen and oxygen atoms in total. The number of nitrogens with one attached hydrogen (secondary N) is 1. The number of methoxy groups -OCH3 is 1. The molecule has 168 valence electrons. The maximum Gasteiger partial charge on any atom is 0.407 e. The van der Waals surface area contributed by atoms with Crippen molar-refractivity contribution in [2.75, 3.05) is 26.7 Å². The molecular weight excluding hydrogens is 396 g/mol. The van der Waals surface area contributed by atoms with Crippen LogP contribution in [-0.4, -0.2) is 54.7 Å². The number of piperidine rings is 1. The van der Waals surface area contributed by atoms with Gasteiger partial charge in [-0.3, -0.25) is 4.79 Å². The molecule has 1 aliphatic carbocycles. The van der Waals surface area contributed by atoms with E-state index in [2.05, 4.69) is 10.1 Å². The van der Waals surface area contributed by atoms with Crippen molar-refractivity contribution < 1.29 is 24.2 Å². The number of likely N-dealkylation sites (tertiary alicyclic amines) is 1. The Balaban J connectivity index is 1.70. The first-order valence-corrected chi connectivity index (χ1v) is 11.1. The van der Waals surface area contributed by atoms with E-state index in [1.54, 1.807) is 6.08 Å². The van der Waals surface area contributed by atoms with Crippen LogP contribution in [0.2, 0.25) is 0 Å². The number of benzene rings is 1. The molecule has 0 bridgehead atoms. The fourth-order valence-electron chi connectivity index (χ4n) is 4.71. The lowest BCUT2D eigenvalue weighted by molar-refractivity contribution is -0.134. The van der Waals surface area contributed by atoms with Crippen LogP contribution in [0.25, 0.3) is 6.08 Å². The zero-order valence-corrected chi connectivity index (χ0v) is 18.1. The van der Waals surface area contributed by atoms with Crippen LogP contribution in [-0.2, 0) is 19.7 Å². The van der Waals surface area contributed by atoms with Crippen LogP contribution in [0.1, 0.15) is 56.1 Å². The maximum atomic E-state index is 13.5. The van der Waals surface area contributed by atoms with E-state index in [4.69, 9.17) is 5.11 Å². The van der Waals surface area contributed by atoms with E-state index in [1.165, 1.54) is 18.1 Å². The Labute approximate surface area is 183 Å². The molecule has 0 aromatic heterocycles. The molecule has 0 atom stereocenters. The van der Waals surface area contributed by atoms with Gasteiger partial charge in [-0.1, -0.05) is 43.5 Å². The molecule has 7 heteroatoms. The summed E-state index contributed by atoms with van der Waals surface area (Å²) in [6, 6.07) is 7.84. The van der Waals surface area contributed by atoms with Gasteiger partial charge in [-0.2, -0.15) is 0 Å².